The highest BCUT2D eigenvalue weighted by atomic mass is 32.2. The molecule has 0 aromatic heterocycles. The van der Waals surface area contributed by atoms with Crippen molar-refractivity contribution in [2.45, 2.75) is 46.5 Å². The minimum atomic E-state index is -3.28. The number of nitrogens with two attached hydrogens (primary N) is 1. The Morgan fingerprint density at radius 3 is 2.15 bits per heavy atom. The van der Waals surface area contributed by atoms with Crippen molar-refractivity contribution >= 4 is 10.0 Å². The number of sulfonamides is 1. The van der Waals surface area contributed by atoms with Crippen molar-refractivity contribution in [3.8, 4) is 0 Å². The van der Waals surface area contributed by atoms with Crippen molar-refractivity contribution in [1.29, 1.82) is 0 Å². The van der Waals surface area contributed by atoms with E-state index in [1.165, 1.54) is 0 Å². The Labute approximate surface area is 81.8 Å². The molecule has 0 aliphatic rings. The SMILES string of the molecule is CCCCC(C)(C)CCS(N)(=O)=O. The summed E-state index contributed by atoms with van der Waals surface area (Å²) in [6.45, 7) is 6.32. The minimum absolute atomic E-state index is 0.0997. The summed E-state index contributed by atoms with van der Waals surface area (Å²) >= 11 is 0. The van der Waals surface area contributed by atoms with Crippen LogP contribution < -0.4 is 5.14 Å². The first-order valence-electron chi connectivity index (χ1n) is 4.77. The van der Waals surface area contributed by atoms with Crippen LogP contribution in [0.25, 0.3) is 0 Å². The molecule has 0 aromatic rings. The molecule has 0 aromatic carbocycles. The zero-order valence-corrected chi connectivity index (χ0v) is 9.65. The summed E-state index contributed by atoms with van der Waals surface area (Å²) in [5, 5.41) is 4.94. The molecule has 3 nitrogen and oxygen atoms in total. The zero-order chi connectivity index (χ0) is 10.5. The number of rotatable bonds is 6. The van der Waals surface area contributed by atoms with E-state index in [0.29, 0.717) is 6.42 Å². The molecule has 0 spiro atoms. The van der Waals surface area contributed by atoms with Crippen LogP contribution in [0.4, 0.5) is 0 Å². The highest BCUT2D eigenvalue weighted by Crippen LogP contribution is 2.27. The van der Waals surface area contributed by atoms with E-state index in [0.717, 1.165) is 19.3 Å². The second-order valence-electron chi connectivity index (χ2n) is 4.38. The summed E-state index contributed by atoms with van der Waals surface area (Å²) in [4.78, 5) is 0. The van der Waals surface area contributed by atoms with E-state index < -0.39 is 10.0 Å². The van der Waals surface area contributed by atoms with Crippen molar-refractivity contribution in [3.05, 3.63) is 0 Å². The fourth-order valence-corrected chi connectivity index (χ4v) is 2.04. The lowest BCUT2D eigenvalue weighted by atomic mass is 9.85. The molecule has 4 heteroatoms. The van der Waals surface area contributed by atoms with Gasteiger partial charge in [-0.3, -0.25) is 0 Å². The number of hydrogen-bond acceptors (Lipinski definition) is 2. The third-order valence-corrected chi connectivity index (χ3v) is 3.04. The van der Waals surface area contributed by atoms with Crippen LogP contribution in [-0.4, -0.2) is 14.2 Å². The van der Waals surface area contributed by atoms with Crippen LogP contribution in [0.1, 0.15) is 46.5 Å². The van der Waals surface area contributed by atoms with E-state index >= 15 is 0 Å². The molecule has 0 atom stereocenters. The predicted octanol–water partition coefficient (Wildman–Crippen LogP) is 1.88. The number of unbranched alkanes of at least 4 members (excludes halogenated alkanes) is 1. The Morgan fingerprint density at radius 2 is 1.77 bits per heavy atom. The summed E-state index contributed by atoms with van der Waals surface area (Å²) < 4.78 is 21.5. The summed E-state index contributed by atoms with van der Waals surface area (Å²) in [5.74, 6) is 0.101. The molecule has 0 fully saturated rings. The largest absolute Gasteiger partial charge is 0.229 e. The first-order chi connectivity index (χ1) is 5.77. The third kappa shape index (κ3) is 8.25. The van der Waals surface area contributed by atoms with Crippen LogP contribution in [-0.2, 0) is 10.0 Å². The van der Waals surface area contributed by atoms with E-state index in [9.17, 15) is 8.42 Å². The lowest BCUT2D eigenvalue weighted by molar-refractivity contribution is 0.312. The molecular weight excluding hydrogens is 186 g/mol. The van der Waals surface area contributed by atoms with Gasteiger partial charge >= 0.3 is 0 Å². The average Bonchev–Trinajstić information content (AvgIpc) is 1.97. The standard InChI is InChI=1S/C9H21NO2S/c1-4-5-6-9(2,3)7-8-13(10,11)12/h4-8H2,1-3H3,(H2,10,11,12). The molecule has 0 bridgehead atoms. The van der Waals surface area contributed by atoms with Crippen LogP contribution >= 0.6 is 0 Å². The average molecular weight is 207 g/mol. The van der Waals surface area contributed by atoms with E-state index in [1.54, 1.807) is 0 Å². The van der Waals surface area contributed by atoms with Gasteiger partial charge in [0, 0.05) is 0 Å². The van der Waals surface area contributed by atoms with Crippen LogP contribution in [0.3, 0.4) is 0 Å². The molecule has 0 aliphatic heterocycles. The van der Waals surface area contributed by atoms with Gasteiger partial charge in [0.1, 0.15) is 0 Å². The Bertz CT molecular complexity index is 232. The normalized spacial score (nSPS) is 13.2. The topological polar surface area (TPSA) is 60.2 Å². The molecule has 2 N–H and O–H groups in total. The van der Waals surface area contributed by atoms with Gasteiger partial charge in [0.2, 0.25) is 10.0 Å². The summed E-state index contributed by atoms with van der Waals surface area (Å²) in [6, 6.07) is 0. The minimum Gasteiger partial charge on any atom is -0.229 e. The van der Waals surface area contributed by atoms with Gasteiger partial charge in [0.15, 0.2) is 0 Å². The number of hydrogen-bond donors (Lipinski definition) is 1. The fraction of sp³-hybridized carbons (Fsp3) is 1.00. The molecule has 0 heterocycles. The highest BCUT2D eigenvalue weighted by molar-refractivity contribution is 7.89. The molecule has 13 heavy (non-hydrogen) atoms. The lowest BCUT2D eigenvalue weighted by Gasteiger charge is -2.23. The van der Waals surface area contributed by atoms with Gasteiger partial charge in [-0.05, 0) is 18.3 Å². The van der Waals surface area contributed by atoms with Crippen LogP contribution in [0.2, 0.25) is 0 Å². The summed E-state index contributed by atoms with van der Waals surface area (Å²) in [7, 11) is -3.28. The first kappa shape index (κ1) is 12.9. The van der Waals surface area contributed by atoms with Crippen molar-refractivity contribution < 1.29 is 8.42 Å². The smallest absolute Gasteiger partial charge is 0.209 e. The Morgan fingerprint density at radius 1 is 1.23 bits per heavy atom. The van der Waals surface area contributed by atoms with Gasteiger partial charge in [0.05, 0.1) is 5.75 Å². The van der Waals surface area contributed by atoms with E-state index in [2.05, 4.69) is 20.8 Å². The quantitative estimate of drug-likeness (QED) is 0.723. The van der Waals surface area contributed by atoms with Gasteiger partial charge in [-0.25, -0.2) is 13.6 Å². The molecule has 0 rings (SSSR count). The summed E-state index contributed by atoms with van der Waals surface area (Å²) in [5.41, 5.74) is 0.0997. The van der Waals surface area contributed by atoms with Crippen molar-refractivity contribution in [3.63, 3.8) is 0 Å². The third-order valence-electron chi connectivity index (χ3n) is 2.27. The highest BCUT2D eigenvalue weighted by Gasteiger charge is 2.19. The van der Waals surface area contributed by atoms with Gasteiger partial charge in [-0.1, -0.05) is 33.6 Å². The maximum absolute atomic E-state index is 10.7. The molecule has 0 radical (unpaired) electrons. The number of primary sulfonamides is 1. The second kappa shape index (κ2) is 4.96. The van der Waals surface area contributed by atoms with Crippen molar-refractivity contribution in [1.82, 2.24) is 0 Å². The van der Waals surface area contributed by atoms with Crippen LogP contribution in [0.15, 0.2) is 0 Å². The monoisotopic (exact) mass is 207 g/mol. The molecule has 0 unspecified atom stereocenters. The van der Waals surface area contributed by atoms with E-state index in [-0.39, 0.29) is 11.2 Å². The fourth-order valence-electron chi connectivity index (χ4n) is 1.20. The summed E-state index contributed by atoms with van der Waals surface area (Å²) in [6.07, 6.45) is 4.03. The Balaban J connectivity index is 3.89. The van der Waals surface area contributed by atoms with Gasteiger partial charge in [0.25, 0.3) is 0 Å². The first-order valence-corrected chi connectivity index (χ1v) is 6.49. The second-order valence-corrected chi connectivity index (χ2v) is 6.12. The maximum Gasteiger partial charge on any atom is 0.209 e. The van der Waals surface area contributed by atoms with Crippen LogP contribution in [0, 0.1) is 5.41 Å². The van der Waals surface area contributed by atoms with Gasteiger partial charge in [-0.2, -0.15) is 0 Å². The molecule has 0 saturated carbocycles. The predicted molar refractivity (Wildman–Crippen MR) is 55.9 cm³/mol. The van der Waals surface area contributed by atoms with Gasteiger partial charge < -0.3 is 0 Å². The molecule has 0 saturated heterocycles. The van der Waals surface area contributed by atoms with Crippen molar-refractivity contribution in [2.75, 3.05) is 5.75 Å². The Hall–Kier alpha value is -0.0900. The van der Waals surface area contributed by atoms with Gasteiger partial charge in [-0.15, -0.1) is 0 Å². The molecular formula is C9H21NO2S. The van der Waals surface area contributed by atoms with Crippen LogP contribution in [0.5, 0.6) is 0 Å². The zero-order valence-electron chi connectivity index (χ0n) is 8.84. The molecule has 80 valence electrons. The van der Waals surface area contributed by atoms with E-state index in [4.69, 9.17) is 5.14 Å². The van der Waals surface area contributed by atoms with E-state index in [1.807, 2.05) is 0 Å². The maximum atomic E-state index is 10.7. The van der Waals surface area contributed by atoms with Crippen molar-refractivity contribution in [2.24, 2.45) is 10.6 Å². The Kier molecular flexibility index (Phi) is 4.92. The lowest BCUT2D eigenvalue weighted by Crippen LogP contribution is -2.22. The molecule has 0 aliphatic carbocycles. The molecule has 0 amide bonds.